The molecule has 0 spiro atoms. The third-order valence-corrected chi connectivity index (χ3v) is 4.16. The van der Waals surface area contributed by atoms with E-state index >= 15 is 0 Å². The molecule has 2 rings (SSSR count). The van der Waals surface area contributed by atoms with E-state index in [4.69, 9.17) is 4.74 Å². The summed E-state index contributed by atoms with van der Waals surface area (Å²) in [6.45, 7) is 12.7. The standard InChI is InChI=1S/C22H29NO2/c1-15(2)17-9-7-8-10-19(17)23-21(24)14-25-20-13-16(3)11-12-18(20)22(4,5)6/h7-13,15H,14H2,1-6H3,(H,23,24). The first-order valence-corrected chi connectivity index (χ1v) is 8.81. The summed E-state index contributed by atoms with van der Waals surface area (Å²) in [7, 11) is 0. The number of hydrogen-bond donors (Lipinski definition) is 1. The van der Waals surface area contributed by atoms with Crippen molar-refractivity contribution in [2.75, 3.05) is 11.9 Å². The average molecular weight is 339 g/mol. The Morgan fingerprint density at radius 3 is 2.44 bits per heavy atom. The van der Waals surface area contributed by atoms with Crippen molar-refractivity contribution in [3.63, 3.8) is 0 Å². The minimum atomic E-state index is -0.144. The van der Waals surface area contributed by atoms with Crippen molar-refractivity contribution in [1.82, 2.24) is 0 Å². The summed E-state index contributed by atoms with van der Waals surface area (Å²) in [5.74, 6) is 0.982. The summed E-state index contributed by atoms with van der Waals surface area (Å²) < 4.78 is 5.87. The first-order valence-electron chi connectivity index (χ1n) is 8.81. The number of anilines is 1. The summed E-state index contributed by atoms with van der Waals surface area (Å²) in [5, 5.41) is 2.97. The molecule has 0 fully saturated rings. The highest BCUT2D eigenvalue weighted by molar-refractivity contribution is 5.92. The molecule has 0 atom stereocenters. The van der Waals surface area contributed by atoms with Crippen LogP contribution in [0.5, 0.6) is 5.75 Å². The molecule has 0 bridgehead atoms. The van der Waals surface area contributed by atoms with Gasteiger partial charge < -0.3 is 10.1 Å². The van der Waals surface area contributed by atoms with Crippen LogP contribution in [0, 0.1) is 6.92 Å². The van der Waals surface area contributed by atoms with E-state index in [0.29, 0.717) is 5.92 Å². The topological polar surface area (TPSA) is 38.3 Å². The number of amides is 1. The smallest absolute Gasteiger partial charge is 0.262 e. The molecule has 0 aromatic heterocycles. The lowest BCUT2D eigenvalue weighted by atomic mass is 9.86. The number of para-hydroxylation sites is 1. The van der Waals surface area contributed by atoms with E-state index in [1.165, 1.54) is 0 Å². The highest BCUT2D eigenvalue weighted by Crippen LogP contribution is 2.32. The molecule has 0 aliphatic rings. The largest absolute Gasteiger partial charge is 0.483 e. The second-order valence-electron chi connectivity index (χ2n) is 7.83. The fourth-order valence-corrected chi connectivity index (χ4v) is 2.81. The summed E-state index contributed by atoms with van der Waals surface area (Å²) >= 11 is 0. The van der Waals surface area contributed by atoms with Gasteiger partial charge in [-0.15, -0.1) is 0 Å². The number of carbonyl (C=O) groups is 1. The molecule has 25 heavy (non-hydrogen) atoms. The predicted molar refractivity (Wildman–Crippen MR) is 105 cm³/mol. The second-order valence-corrected chi connectivity index (χ2v) is 7.83. The predicted octanol–water partition coefficient (Wildman–Crippen LogP) is 5.43. The molecule has 0 saturated heterocycles. The van der Waals surface area contributed by atoms with Crippen LogP contribution < -0.4 is 10.1 Å². The lowest BCUT2D eigenvalue weighted by Gasteiger charge is -2.23. The molecule has 3 heteroatoms. The molecule has 0 radical (unpaired) electrons. The Hall–Kier alpha value is -2.29. The molecule has 0 aliphatic carbocycles. The highest BCUT2D eigenvalue weighted by atomic mass is 16.5. The molecule has 1 N–H and O–H groups in total. The van der Waals surface area contributed by atoms with Gasteiger partial charge in [-0.3, -0.25) is 4.79 Å². The maximum atomic E-state index is 12.4. The van der Waals surface area contributed by atoms with Crippen molar-refractivity contribution in [3.8, 4) is 5.75 Å². The van der Waals surface area contributed by atoms with E-state index in [0.717, 1.165) is 28.1 Å². The SMILES string of the molecule is Cc1ccc(C(C)(C)C)c(OCC(=O)Nc2ccccc2C(C)C)c1. The lowest BCUT2D eigenvalue weighted by molar-refractivity contribution is -0.118. The van der Waals surface area contributed by atoms with E-state index in [2.05, 4.69) is 52.1 Å². The van der Waals surface area contributed by atoms with Gasteiger partial charge in [0.15, 0.2) is 6.61 Å². The molecular weight excluding hydrogens is 310 g/mol. The molecular formula is C22H29NO2. The number of nitrogens with one attached hydrogen (secondary N) is 1. The van der Waals surface area contributed by atoms with Gasteiger partial charge in [-0.25, -0.2) is 0 Å². The molecule has 0 unspecified atom stereocenters. The maximum Gasteiger partial charge on any atom is 0.262 e. The van der Waals surface area contributed by atoms with Crippen LogP contribution in [-0.2, 0) is 10.2 Å². The molecule has 0 saturated carbocycles. The third-order valence-electron chi connectivity index (χ3n) is 4.16. The lowest BCUT2D eigenvalue weighted by Crippen LogP contribution is -2.22. The van der Waals surface area contributed by atoms with Crippen molar-refractivity contribution < 1.29 is 9.53 Å². The van der Waals surface area contributed by atoms with E-state index in [1.54, 1.807) is 0 Å². The zero-order valence-electron chi connectivity index (χ0n) is 16.1. The van der Waals surface area contributed by atoms with Crippen molar-refractivity contribution >= 4 is 11.6 Å². The van der Waals surface area contributed by atoms with E-state index in [1.807, 2.05) is 37.3 Å². The Kier molecular flexibility index (Phi) is 5.89. The fraction of sp³-hybridized carbons (Fsp3) is 0.409. The third kappa shape index (κ3) is 5.09. The number of benzene rings is 2. The molecule has 134 valence electrons. The molecule has 3 nitrogen and oxygen atoms in total. The summed E-state index contributed by atoms with van der Waals surface area (Å²) in [5.41, 5.74) is 4.17. The Morgan fingerprint density at radius 2 is 1.80 bits per heavy atom. The van der Waals surface area contributed by atoms with Gasteiger partial charge in [-0.05, 0) is 47.1 Å². The zero-order valence-corrected chi connectivity index (χ0v) is 16.1. The monoisotopic (exact) mass is 339 g/mol. The molecule has 2 aromatic rings. The number of carbonyl (C=O) groups excluding carboxylic acids is 1. The minimum Gasteiger partial charge on any atom is -0.483 e. The highest BCUT2D eigenvalue weighted by Gasteiger charge is 2.19. The van der Waals surface area contributed by atoms with E-state index in [-0.39, 0.29) is 17.9 Å². The van der Waals surface area contributed by atoms with Crippen molar-refractivity contribution in [1.29, 1.82) is 0 Å². The number of aryl methyl sites for hydroxylation is 1. The van der Waals surface area contributed by atoms with Gasteiger partial charge in [0.2, 0.25) is 0 Å². The van der Waals surface area contributed by atoms with Crippen molar-refractivity contribution in [2.45, 2.75) is 52.9 Å². The average Bonchev–Trinajstić information content (AvgIpc) is 2.52. The summed E-state index contributed by atoms with van der Waals surface area (Å²) in [6.07, 6.45) is 0. The van der Waals surface area contributed by atoms with E-state index in [9.17, 15) is 4.79 Å². The van der Waals surface area contributed by atoms with Crippen LogP contribution in [0.3, 0.4) is 0 Å². The molecule has 1 amide bonds. The maximum absolute atomic E-state index is 12.4. The first kappa shape index (κ1) is 19.0. The number of ether oxygens (including phenoxy) is 1. The van der Waals surface area contributed by atoms with Crippen LogP contribution in [0.4, 0.5) is 5.69 Å². The van der Waals surface area contributed by atoms with Crippen LogP contribution in [0.15, 0.2) is 42.5 Å². The summed E-state index contributed by atoms with van der Waals surface area (Å²) in [4.78, 5) is 12.4. The molecule has 0 heterocycles. The summed E-state index contributed by atoms with van der Waals surface area (Å²) in [6, 6.07) is 14.0. The molecule has 2 aromatic carbocycles. The van der Waals surface area contributed by atoms with Gasteiger partial charge in [0, 0.05) is 5.69 Å². The Morgan fingerprint density at radius 1 is 1.12 bits per heavy atom. The van der Waals surface area contributed by atoms with Gasteiger partial charge in [-0.1, -0.05) is 65.0 Å². The van der Waals surface area contributed by atoms with Crippen LogP contribution >= 0.6 is 0 Å². The van der Waals surface area contributed by atoms with Gasteiger partial charge in [0.05, 0.1) is 0 Å². The Bertz CT molecular complexity index is 742. The van der Waals surface area contributed by atoms with Crippen LogP contribution in [-0.4, -0.2) is 12.5 Å². The van der Waals surface area contributed by atoms with Gasteiger partial charge in [-0.2, -0.15) is 0 Å². The van der Waals surface area contributed by atoms with Crippen molar-refractivity contribution in [3.05, 3.63) is 59.2 Å². The van der Waals surface area contributed by atoms with Crippen LogP contribution in [0.25, 0.3) is 0 Å². The Labute approximate surface area is 151 Å². The van der Waals surface area contributed by atoms with Gasteiger partial charge in [0.1, 0.15) is 5.75 Å². The van der Waals surface area contributed by atoms with Crippen molar-refractivity contribution in [2.24, 2.45) is 0 Å². The Balaban J connectivity index is 2.10. The van der Waals surface area contributed by atoms with Gasteiger partial charge >= 0.3 is 0 Å². The normalized spacial score (nSPS) is 11.5. The number of hydrogen-bond acceptors (Lipinski definition) is 2. The zero-order chi connectivity index (χ0) is 18.6. The first-order chi connectivity index (χ1) is 11.7. The van der Waals surface area contributed by atoms with Gasteiger partial charge in [0.25, 0.3) is 5.91 Å². The van der Waals surface area contributed by atoms with Crippen LogP contribution in [0.2, 0.25) is 0 Å². The number of rotatable bonds is 5. The molecule has 0 aliphatic heterocycles. The minimum absolute atomic E-state index is 0.00103. The van der Waals surface area contributed by atoms with E-state index < -0.39 is 0 Å². The van der Waals surface area contributed by atoms with Crippen LogP contribution in [0.1, 0.15) is 57.2 Å². The fourth-order valence-electron chi connectivity index (χ4n) is 2.81. The quantitative estimate of drug-likeness (QED) is 0.788. The second kappa shape index (κ2) is 7.73.